The maximum absolute atomic E-state index is 11.1. The molecule has 0 amide bonds. The van der Waals surface area contributed by atoms with Gasteiger partial charge in [0.15, 0.2) is 5.76 Å². The van der Waals surface area contributed by atoms with Crippen LogP contribution >= 0.6 is 0 Å². The number of hydrogen-bond acceptors (Lipinski definition) is 3. The van der Waals surface area contributed by atoms with Crippen molar-refractivity contribution in [3.63, 3.8) is 0 Å². The molecule has 0 saturated carbocycles. The fourth-order valence-corrected chi connectivity index (χ4v) is 1.02. The Balaban J connectivity index is 3.38. The van der Waals surface area contributed by atoms with Crippen molar-refractivity contribution in [1.82, 2.24) is 0 Å². The largest absolute Gasteiger partial charge is 0.502 e. The third-order valence-electron chi connectivity index (χ3n) is 1.60. The molecular weight excluding hydrogens is 156 g/mol. The molecule has 0 saturated heterocycles. The van der Waals surface area contributed by atoms with E-state index in [9.17, 15) is 9.90 Å². The van der Waals surface area contributed by atoms with Gasteiger partial charge in [0.2, 0.25) is 11.2 Å². The van der Waals surface area contributed by atoms with E-state index in [4.69, 9.17) is 4.42 Å². The lowest BCUT2D eigenvalue weighted by Crippen LogP contribution is -2.03. The van der Waals surface area contributed by atoms with Gasteiger partial charge in [-0.2, -0.15) is 0 Å². The molecule has 1 aromatic rings. The summed E-state index contributed by atoms with van der Waals surface area (Å²) in [5.41, 5.74) is -0.373. The molecule has 0 radical (unpaired) electrons. The van der Waals surface area contributed by atoms with Crippen molar-refractivity contribution in [1.29, 1.82) is 0 Å². The summed E-state index contributed by atoms with van der Waals surface area (Å²) in [6.45, 7) is 5.40. The quantitative estimate of drug-likeness (QED) is 0.695. The normalized spacial score (nSPS) is 10.7. The first-order valence-electron chi connectivity index (χ1n) is 3.86. The van der Waals surface area contributed by atoms with E-state index in [-0.39, 0.29) is 17.1 Å². The first-order valence-corrected chi connectivity index (χ1v) is 3.86. The van der Waals surface area contributed by atoms with E-state index in [0.717, 1.165) is 0 Å². The van der Waals surface area contributed by atoms with Crippen LogP contribution < -0.4 is 5.43 Å². The molecule has 0 aliphatic rings. The molecule has 0 bridgehead atoms. The van der Waals surface area contributed by atoms with Crippen LogP contribution in [0.15, 0.2) is 15.3 Å². The van der Waals surface area contributed by atoms with E-state index in [1.807, 2.05) is 13.8 Å². The van der Waals surface area contributed by atoms with E-state index in [0.29, 0.717) is 11.5 Å². The second-order valence-corrected chi connectivity index (χ2v) is 3.09. The van der Waals surface area contributed by atoms with Crippen LogP contribution in [-0.2, 0) is 0 Å². The summed E-state index contributed by atoms with van der Waals surface area (Å²) in [7, 11) is 0. The van der Waals surface area contributed by atoms with Crippen LogP contribution in [0.4, 0.5) is 0 Å². The highest BCUT2D eigenvalue weighted by Gasteiger charge is 2.12. The van der Waals surface area contributed by atoms with Crippen molar-refractivity contribution < 1.29 is 9.52 Å². The number of hydrogen-bond donors (Lipinski definition) is 1. The Hall–Kier alpha value is -1.25. The molecule has 0 aliphatic carbocycles. The third-order valence-corrected chi connectivity index (χ3v) is 1.60. The lowest BCUT2D eigenvalue weighted by Gasteiger charge is -2.06. The van der Waals surface area contributed by atoms with E-state index >= 15 is 0 Å². The third kappa shape index (κ3) is 1.49. The van der Waals surface area contributed by atoms with Crippen LogP contribution in [-0.4, -0.2) is 5.11 Å². The highest BCUT2D eigenvalue weighted by atomic mass is 16.4. The molecule has 0 unspecified atom stereocenters. The first-order chi connectivity index (χ1) is 5.52. The topological polar surface area (TPSA) is 50.4 Å². The number of rotatable bonds is 1. The summed E-state index contributed by atoms with van der Waals surface area (Å²) in [6, 6.07) is 1.28. The Morgan fingerprint density at radius 2 is 2.08 bits per heavy atom. The second kappa shape index (κ2) is 3.01. The van der Waals surface area contributed by atoms with E-state index in [1.54, 1.807) is 6.92 Å². The Bertz CT molecular complexity index is 336. The van der Waals surface area contributed by atoms with E-state index in [1.165, 1.54) is 6.07 Å². The summed E-state index contributed by atoms with van der Waals surface area (Å²) >= 11 is 0. The molecule has 12 heavy (non-hydrogen) atoms. The fraction of sp³-hybridized carbons (Fsp3) is 0.444. The van der Waals surface area contributed by atoms with Gasteiger partial charge in [-0.1, -0.05) is 13.8 Å². The molecule has 3 heteroatoms. The van der Waals surface area contributed by atoms with Gasteiger partial charge >= 0.3 is 0 Å². The van der Waals surface area contributed by atoms with Crippen LogP contribution in [0.25, 0.3) is 0 Å². The maximum Gasteiger partial charge on any atom is 0.227 e. The standard InChI is InChI=1S/C9H12O3/c1-5(2)9-8(11)7(10)4-6(3)12-9/h4-5,11H,1-3H3. The lowest BCUT2D eigenvalue weighted by molar-refractivity contribution is 0.376. The van der Waals surface area contributed by atoms with Gasteiger partial charge in [-0.05, 0) is 6.92 Å². The molecule has 1 heterocycles. The molecular formula is C9H12O3. The summed E-state index contributed by atoms with van der Waals surface area (Å²) in [6.07, 6.45) is 0. The summed E-state index contributed by atoms with van der Waals surface area (Å²) in [4.78, 5) is 11.1. The van der Waals surface area contributed by atoms with Gasteiger partial charge in [0.25, 0.3) is 0 Å². The first kappa shape index (κ1) is 8.84. The molecule has 66 valence electrons. The van der Waals surface area contributed by atoms with Gasteiger partial charge in [0, 0.05) is 12.0 Å². The highest BCUT2D eigenvalue weighted by Crippen LogP contribution is 2.22. The molecule has 1 rings (SSSR count). The highest BCUT2D eigenvalue weighted by molar-refractivity contribution is 5.26. The minimum atomic E-state index is -0.373. The summed E-state index contributed by atoms with van der Waals surface area (Å²) in [5.74, 6) is 0.648. The number of aromatic hydroxyl groups is 1. The van der Waals surface area contributed by atoms with E-state index < -0.39 is 0 Å². The van der Waals surface area contributed by atoms with Crippen molar-refractivity contribution in [2.45, 2.75) is 26.7 Å². The van der Waals surface area contributed by atoms with Gasteiger partial charge < -0.3 is 9.52 Å². The van der Waals surface area contributed by atoms with Crippen LogP contribution in [0.2, 0.25) is 0 Å². The van der Waals surface area contributed by atoms with Crippen LogP contribution in [0, 0.1) is 6.92 Å². The predicted octanol–water partition coefficient (Wildman–Crippen LogP) is 1.78. The Labute approximate surface area is 70.7 Å². The van der Waals surface area contributed by atoms with Crippen LogP contribution in [0.1, 0.15) is 31.3 Å². The number of aryl methyl sites for hydroxylation is 1. The molecule has 0 spiro atoms. The zero-order valence-electron chi connectivity index (χ0n) is 7.42. The van der Waals surface area contributed by atoms with Crippen molar-refractivity contribution in [3.05, 3.63) is 27.8 Å². The smallest absolute Gasteiger partial charge is 0.227 e. The van der Waals surface area contributed by atoms with Gasteiger partial charge in [0.05, 0.1) is 0 Å². The second-order valence-electron chi connectivity index (χ2n) is 3.09. The van der Waals surface area contributed by atoms with Crippen LogP contribution in [0.5, 0.6) is 5.75 Å². The molecule has 0 aromatic carbocycles. The molecule has 0 atom stereocenters. The summed E-state index contributed by atoms with van der Waals surface area (Å²) in [5, 5.41) is 9.29. The minimum Gasteiger partial charge on any atom is -0.502 e. The maximum atomic E-state index is 11.1. The Kier molecular flexibility index (Phi) is 2.22. The lowest BCUT2D eigenvalue weighted by atomic mass is 10.1. The van der Waals surface area contributed by atoms with Gasteiger partial charge in [-0.25, -0.2) is 0 Å². The van der Waals surface area contributed by atoms with Crippen molar-refractivity contribution in [2.24, 2.45) is 0 Å². The monoisotopic (exact) mass is 168 g/mol. The molecule has 3 nitrogen and oxygen atoms in total. The molecule has 0 aliphatic heterocycles. The van der Waals surface area contributed by atoms with Gasteiger partial charge in [0.1, 0.15) is 5.76 Å². The predicted molar refractivity (Wildman–Crippen MR) is 45.5 cm³/mol. The van der Waals surface area contributed by atoms with Crippen molar-refractivity contribution >= 4 is 0 Å². The zero-order chi connectivity index (χ0) is 9.30. The molecule has 0 fully saturated rings. The van der Waals surface area contributed by atoms with Crippen LogP contribution in [0.3, 0.4) is 0 Å². The fourth-order valence-electron chi connectivity index (χ4n) is 1.02. The van der Waals surface area contributed by atoms with Gasteiger partial charge in [-0.15, -0.1) is 0 Å². The summed E-state index contributed by atoms with van der Waals surface area (Å²) < 4.78 is 5.20. The zero-order valence-corrected chi connectivity index (χ0v) is 7.42. The van der Waals surface area contributed by atoms with Crippen molar-refractivity contribution in [2.75, 3.05) is 0 Å². The SMILES string of the molecule is Cc1cc(=O)c(O)c(C(C)C)o1. The van der Waals surface area contributed by atoms with E-state index in [2.05, 4.69) is 0 Å². The average Bonchev–Trinajstić information content (AvgIpc) is 1.96. The van der Waals surface area contributed by atoms with Gasteiger partial charge in [-0.3, -0.25) is 4.79 Å². The Morgan fingerprint density at radius 1 is 1.50 bits per heavy atom. The van der Waals surface area contributed by atoms with Crippen molar-refractivity contribution in [3.8, 4) is 5.75 Å². The Morgan fingerprint density at radius 3 is 2.58 bits per heavy atom. The molecule has 1 aromatic heterocycles. The average molecular weight is 168 g/mol. The molecule has 1 N–H and O–H groups in total. The minimum absolute atomic E-state index is 0.0256.